The van der Waals surface area contributed by atoms with Gasteiger partial charge in [0.2, 0.25) is 0 Å². The number of fused-ring (bicyclic) bond motifs is 1. The lowest BCUT2D eigenvalue weighted by Crippen LogP contribution is -2.17. The Bertz CT molecular complexity index is 977. The van der Waals surface area contributed by atoms with Gasteiger partial charge in [0, 0.05) is 23.2 Å². The maximum atomic E-state index is 9.34. The Morgan fingerprint density at radius 1 is 1.23 bits per heavy atom. The molecule has 0 spiro atoms. The van der Waals surface area contributed by atoms with Crippen molar-refractivity contribution in [1.29, 1.82) is 5.26 Å². The zero-order valence-electron chi connectivity index (χ0n) is 14.8. The van der Waals surface area contributed by atoms with E-state index in [4.69, 9.17) is 11.6 Å². The quantitative estimate of drug-likeness (QED) is 0.620. The maximum absolute atomic E-state index is 9.34. The SMILES string of the molecule is C[C@H]1CC[C@H](Cn2cnc3cc(C#N)nc(-c4cccc(Cl)c4)c32)CC1. The van der Waals surface area contributed by atoms with Gasteiger partial charge in [-0.15, -0.1) is 0 Å². The van der Waals surface area contributed by atoms with Gasteiger partial charge in [-0.2, -0.15) is 5.26 Å². The molecule has 2 heterocycles. The van der Waals surface area contributed by atoms with E-state index in [9.17, 15) is 5.26 Å². The molecule has 5 heteroatoms. The zero-order chi connectivity index (χ0) is 18.1. The van der Waals surface area contributed by atoms with Gasteiger partial charge < -0.3 is 4.57 Å². The third-order valence-electron chi connectivity index (χ3n) is 5.40. The van der Waals surface area contributed by atoms with E-state index in [1.165, 1.54) is 25.7 Å². The van der Waals surface area contributed by atoms with E-state index in [0.29, 0.717) is 16.6 Å². The number of rotatable bonds is 3. The number of nitrogens with zero attached hydrogens (tertiary/aromatic N) is 4. The fraction of sp³-hybridized carbons (Fsp3) is 0.381. The number of nitriles is 1. The number of pyridine rings is 1. The number of imidazole rings is 1. The lowest BCUT2D eigenvalue weighted by molar-refractivity contribution is 0.266. The molecule has 1 aromatic carbocycles. The van der Waals surface area contributed by atoms with E-state index in [2.05, 4.69) is 27.5 Å². The molecule has 3 aromatic rings. The van der Waals surface area contributed by atoms with E-state index in [-0.39, 0.29) is 0 Å². The third kappa shape index (κ3) is 3.32. The topological polar surface area (TPSA) is 54.5 Å². The summed E-state index contributed by atoms with van der Waals surface area (Å²) >= 11 is 6.19. The minimum absolute atomic E-state index is 0.379. The van der Waals surface area contributed by atoms with Crippen LogP contribution in [0, 0.1) is 23.2 Å². The van der Waals surface area contributed by atoms with Gasteiger partial charge in [0.15, 0.2) is 0 Å². The number of aromatic nitrogens is 3. The minimum atomic E-state index is 0.379. The van der Waals surface area contributed by atoms with E-state index in [1.807, 2.05) is 30.6 Å². The molecule has 0 amide bonds. The van der Waals surface area contributed by atoms with Crippen LogP contribution in [0.2, 0.25) is 5.02 Å². The van der Waals surface area contributed by atoms with E-state index < -0.39 is 0 Å². The zero-order valence-corrected chi connectivity index (χ0v) is 15.6. The summed E-state index contributed by atoms with van der Waals surface area (Å²) in [6.07, 6.45) is 7.01. The average molecular weight is 365 g/mol. The number of hydrogen-bond donors (Lipinski definition) is 0. The first-order valence-corrected chi connectivity index (χ1v) is 9.53. The van der Waals surface area contributed by atoms with Crippen LogP contribution in [0.15, 0.2) is 36.7 Å². The van der Waals surface area contributed by atoms with Gasteiger partial charge >= 0.3 is 0 Å². The van der Waals surface area contributed by atoms with Gasteiger partial charge in [-0.25, -0.2) is 9.97 Å². The molecule has 0 atom stereocenters. The molecule has 4 rings (SSSR count). The van der Waals surface area contributed by atoms with Gasteiger partial charge in [-0.1, -0.05) is 43.5 Å². The average Bonchev–Trinajstić information content (AvgIpc) is 3.05. The van der Waals surface area contributed by atoms with Crippen molar-refractivity contribution < 1.29 is 0 Å². The molecule has 1 saturated carbocycles. The highest BCUT2D eigenvalue weighted by atomic mass is 35.5. The molecule has 0 radical (unpaired) electrons. The molecule has 0 bridgehead atoms. The summed E-state index contributed by atoms with van der Waals surface area (Å²) in [6, 6.07) is 11.5. The summed E-state index contributed by atoms with van der Waals surface area (Å²) in [5.74, 6) is 1.51. The first-order valence-electron chi connectivity index (χ1n) is 9.16. The van der Waals surface area contributed by atoms with Crippen LogP contribution in [0.4, 0.5) is 0 Å². The summed E-state index contributed by atoms with van der Waals surface area (Å²) in [5.41, 5.74) is 3.88. The number of halogens is 1. The van der Waals surface area contributed by atoms with Crippen molar-refractivity contribution in [2.24, 2.45) is 11.8 Å². The number of hydrogen-bond acceptors (Lipinski definition) is 3. The number of benzene rings is 1. The Morgan fingerprint density at radius 2 is 2.04 bits per heavy atom. The summed E-state index contributed by atoms with van der Waals surface area (Å²) in [5, 5.41) is 10.0. The molecule has 0 unspecified atom stereocenters. The van der Waals surface area contributed by atoms with Crippen LogP contribution < -0.4 is 0 Å². The molecule has 4 nitrogen and oxygen atoms in total. The van der Waals surface area contributed by atoms with Gasteiger partial charge in [-0.3, -0.25) is 0 Å². The van der Waals surface area contributed by atoms with Crippen molar-refractivity contribution in [1.82, 2.24) is 14.5 Å². The van der Waals surface area contributed by atoms with E-state index >= 15 is 0 Å². The fourth-order valence-electron chi connectivity index (χ4n) is 3.92. The maximum Gasteiger partial charge on any atom is 0.143 e. The molecule has 0 N–H and O–H groups in total. The Balaban J connectivity index is 1.79. The van der Waals surface area contributed by atoms with Gasteiger partial charge in [0.1, 0.15) is 11.8 Å². The van der Waals surface area contributed by atoms with Crippen molar-refractivity contribution in [2.75, 3.05) is 0 Å². The summed E-state index contributed by atoms with van der Waals surface area (Å²) < 4.78 is 2.21. The standard InChI is InChI=1S/C21H21ClN4/c1-14-5-7-15(8-6-14)12-26-13-24-19-10-18(11-23)25-20(21(19)26)16-3-2-4-17(22)9-16/h2-4,9-10,13-15H,5-8,12H2,1H3/t14-,15-. The first kappa shape index (κ1) is 17.1. The monoisotopic (exact) mass is 364 g/mol. The molecule has 132 valence electrons. The summed E-state index contributed by atoms with van der Waals surface area (Å²) in [6.45, 7) is 3.29. The normalized spacial score (nSPS) is 20.2. The van der Waals surface area contributed by atoms with Gasteiger partial charge in [0.25, 0.3) is 0 Å². The Morgan fingerprint density at radius 3 is 2.77 bits per heavy atom. The van der Waals surface area contributed by atoms with Crippen molar-refractivity contribution in [3.05, 3.63) is 47.4 Å². The van der Waals surface area contributed by atoms with Crippen molar-refractivity contribution in [2.45, 2.75) is 39.2 Å². The lowest BCUT2D eigenvalue weighted by atomic mass is 9.83. The Kier molecular flexibility index (Phi) is 4.65. The molecular weight excluding hydrogens is 344 g/mol. The van der Waals surface area contributed by atoms with Crippen molar-refractivity contribution in [3.8, 4) is 17.3 Å². The summed E-state index contributed by atoms with van der Waals surface area (Å²) in [4.78, 5) is 9.14. The second-order valence-corrected chi connectivity index (χ2v) is 7.81. The third-order valence-corrected chi connectivity index (χ3v) is 5.63. The lowest BCUT2D eigenvalue weighted by Gasteiger charge is -2.26. The van der Waals surface area contributed by atoms with Gasteiger partial charge in [0.05, 0.1) is 23.1 Å². The second-order valence-electron chi connectivity index (χ2n) is 7.37. The van der Waals surface area contributed by atoms with Crippen molar-refractivity contribution >= 4 is 22.6 Å². The molecule has 26 heavy (non-hydrogen) atoms. The van der Waals surface area contributed by atoms with E-state index in [0.717, 1.165) is 34.8 Å². The molecule has 2 aromatic heterocycles. The predicted molar refractivity (Wildman–Crippen MR) is 104 cm³/mol. The van der Waals surface area contributed by atoms with Crippen LogP contribution in [-0.4, -0.2) is 14.5 Å². The largest absolute Gasteiger partial charge is 0.329 e. The van der Waals surface area contributed by atoms with Crippen LogP contribution in [0.3, 0.4) is 0 Å². The van der Waals surface area contributed by atoms with Crippen LogP contribution in [0.25, 0.3) is 22.3 Å². The van der Waals surface area contributed by atoms with Crippen LogP contribution in [-0.2, 0) is 6.54 Å². The highest BCUT2D eigenvalue weighted by molar-refractivity contribution is 6.30. The second kappa shape index (κ2) is 7.09. The van der Waals surface area contributed by atoms with Crippen LogP contribution >= 0.6 is 11.6 Å². The molecule has 1 aliphatic carbocycles. The molecule has 0 saturated heterocycles. The Hall–Kier alpha value is -2.38. The fourth-order valence-corrected chi connectivity index (χ4v) is 4.11. The highest BCUT2D eigenvalue weighted by Gasteiger charge is 2.21. The van der Waals surface area contributed by atoms with Crippen molar-refractivity contribution in [3.63, 3.8) is 0 Å². The predicted octanol–water partition coefficient (Wildman–Crippen LogP) is 5.45. The molecule has 0 aliphatic heterocycles. The van der Waals surface area contributed by atoms with E-state index in [1.54, 1.807) is 6.07 Å². The van der Waals surface area contributed by atoms with Gasteiger partial charge in [-0.05, 0) is 36.8 Å². The minimum Gasteiger partial charge on any atom is -0.329 e. The Labute approximate surface area is 158 Å². The molecule has 1 aliphatic rings. The van der Waals surface area contributed by atoms with Crippen LogP contribution in [0.5, 0.6) is 0 Å². The first-order chi connectivity index (χ1) is 12.6. The molecular formula is C21H21ClN4. The molecule has 1 fully saturated rings. The highest BCUT2D eigenvalue weighted by Crippen LogP contribution is 2.33. The summed E-state index contributed by atoms with van der Waals surface area (Å²) in [7, 11) is 0. The van der Waals surface area contributed by atoms with Crippen LogP contribution in [0.1, 0.15) is 38.3 Å². The smallest absolute Gasteiger partial charge is 0.143 e.